The van der Waals surface area contributed by atoms with E-state index >= 15 is 0 Å². The molecule has 0 fully saturated rings. The van der Waals surface area contributed by atoms with Crippen molar-refractivity contribution in [2.75, 3.05) is 6.54 Å². The van der Waals surface area contributed by atoms with Crippen molar-refractivity contribution in [2.24, 2.45) is 0 Å². The number of nitrogens with zero attached hydrogens (tertiary/aromatic N) is 1. The zero-order chi connectivity index (χ0) is 15.1. The van der Waals surface area contributed by atoms with Crippen LogP contribution in [0.15, 0.2) is 48.8 Å². The summed E-state index contributed by atoms with van der Waals surface area (Å²) < 4.78 is 40.8. The number of pyridine rings is 1. The van der Waals surface area contributed by atoms with Gasteiger partial charge in [-0.2, -0.15) is 0 Å². The minimum Gasteiger partial charge on any atom is -0.405 e. The van der Waals surface area contributed by atoms with E-state index in [-0.39, 0.29) is 5.75 Å². The zero-order valence-corrected chi connectivity index (χ0v) is 11.2. The summed E-state index contributed by atoms with van der Waals surface area (Å²) in [6, 6.07) is 9.93. The molecule has 0 aliphatic heterocycles. The number of rotatable bonds is 6. The Bertz CT molecular complexity index is 558. The van der Waals surface area contributed by atoms with Crippen molar-refractivity contribution in [3.63, 3.8) is 0 Å². The predicted molar refractivity (Wildman–Crippen MR) is 72.8 cm³/mol. The third-order valence-electron chi connectivity index (χ3n) is 2.85. The Morgan fingerprint density at radius 3 is 2.48 bits per heavy atom. The molecule has 1 heterocycles. The second kappa shape index (κ2) is 7.08. The van der Waals surface area contributed by atoms with Gasteiger partial charge in [0.1, 0.15) is 5.75 Å². The van der Waals surface area contributed by atoms with Crippen molar-refractivity contribution >= 4 is 0 Å². The molecule has 1 aromatic carbocycles. The molecule has 112 valence electrons. The van der Waals surface area contributed by atoms with Gasteiger partial charge in [-0.25, -0.2) is 0 Å². The molecule has 0 spiro atoms. The Balaban J connectivity index is 1.86. The monoisotopic (exact) mass is 296 g/mol. The van der Waals surface area contributed by atoms with E-state index in [1.807, 2.05) is 12.1 Å². The van der Waals surface area contributed by atoms with Crippen molar-refractivity contribution in [1.82, 2.24) is 10.3 Å². The molecule has 3 nitrogen and oxygen atoms in total. The molecule has 0 atom stereocenters. The van der Waals surface area contributed by atoms with Crippen molar-refractivity contribution in [3.05, 3.63) is 59.9 Å². The van der Waals surface area contributed by atoms with E-state index in [1.54, 1.807) is 24.5 Å². The van der Waals surface area contributed by atoms with Gasteiger partial charge < -0.3 is 10.1 Å². The molecule has 2 rings (SSSR count). The first-order valence-electron chi connectivity index (χ1n) is 6.48. The first-order valence-corrected chi connectivity index (χ1v) is 6.48. The normalized spacial score (nSPS) is 11.4. The number of nitrogens with one attached hydrogen (secondary N) is 1. The number of benzene rings is 1. The minimum absolute atomic E-state index is 0.165. The molecule has 0 aliphatic carbocycles. The van der Waals surface area contributed by atoms with Crippen LogP contribution in [0.5, 0.6) is 5.75 Å². The van der Waals surface area contributed by atoms with Crippen LogP contribution in [-0.2, 0) is 13.0 Å². The van der Waals surface area contributed by atoms with E-state index in [1.165, 1.54) is 12.1 Å². The van der Waals surface area contributed by atoms with E-state index in [9.17, 15) is 13.2 Å². The fraction of sp³-hybridized carbons (Fsp3) is 0.267. The maximum atomic E-state index is 12.3. The number of halogens is 3. The summed E-state index contributed by atoms with van der Waals surface area (Å²) in [4.78, 5) is 3.92. The van der Waals surface area contributed by atoms with Gasteiger partial charge in [0, 0.05) is 24.5 Å². The summed E-state index contributed by atoms with van der Waals surface area (Å²) in [5.41, 5.74) is 1.60. The minimum atomic E-state index is -4.67. The first kappa shape index (κ1) is 15.3. The third kappa shape index (κ3) is 5.43. The molecule has 21 heavy (non-hydrogen) atoms. The summed E-state index contributed by atoms with van der Waals surface area (Å²) in [5.74, 6) is -0.165. The van der Waals surface area contributed by atoms with Crippen molar-refractivity contribution in [2.45, 2.75) is 19.3 Å². The Morgan fingerprint density at radius 1 is 1.05 bits per heavy atom. The topological polar surface area (TPSA) is 34.1 Å². The number of aromatic nitrogens is 1. The Labute approximate surface area is 120 Å². The van der Waals surface area contributed by atoms with E-state index in [4.69, 9.17) is 0 Å². The summed E-state index contributed by atoms with van der Waals surface area (Å²) in [5, 5.41) is 3.11. The second-order valence-corrected chi connectivity index (χ2v) is 4.44. The molecule has 0 saturated carbocycles. The molecule has 6 heteroatoms. The fourth-order valence-corrected chi connectivity index (χ4v) is 1.88. The van der Waals surface area contributed by atoms with Crippen molar-refractivity contribution < 1.29 is 17.9 Å². The molecule has 1 N–H and O–H groups in total. The fourth-order valence-electron chi connectivity index (χ4n) is 1.88. The van der Waals surface area contributed by atoms with E-state index in [0.29, 0.717) is 18.7 Å². The van der Waals surface area contributed by atoms with Gasteiger partial charge in [-0.3, -0.25) is 4.98 Å². The summed E-state index contributed by atoms with van der Waals surface area (Å²) in [6.45, 7) is 0.974. The Hall–Kier alpha value is -2.08. The molecule has 2 aromatic rings. The van der Waals surface area contributed by atoms with Crippen molar-refractivity contribution in [3.8, 4) is 5.75 Å². The van der Waals surface area contributed by atoms with Crippen LogP contribution in [0.25, 0.3) is 0 Å². The van der Waals surface area contributed by atoms with Gasteiger partial charge in [0.2, 0.25) is 0 Å². The smallest absolute Gasteiger partial charge is 0.405 e. The summed E-state index contributed by atoms with van der Waals surface area (Å²) in [7, 11) is 0. The largest absolute Gasteiger partial charge is 0.573 e. The maximum absolute atomic E-state index is 12.3. The maximum Gasteiger partial charge on any atom is 0.573 e. The average Bonchev–Trinajstić information content (AvgIpc) is 2.45. The van der Waals surface area contributed by atoms with Gasteiger partial charge in [0.05, 0.1) is 0 Å². The number of hydrogen-bond acceptors (Lipinski definition) is 3. The predicted octanol–water partition coefficient (Wildman–Crippen LogP) is 3.31. The van der Waals surface area contributed by atoms with Crippen LogP contribution in [0.2, 0.25) is 0 Å². The lowest BCUT2D eigenvalue weighted by molar-refractivity contribution is -0.274. The van der Waals surface area contributed by atoms with Crippen LogP contribution in [0.4, 0.5) is 13.2 Å². The quantitative estimate of drug-likeness (QED) is 0.830. The number of alkyl halides is 3. The first-order chi connectivity index (χ1) is 10.0. The van der Waals surface area contributed by atoms with E-state index in [2.05, 4.69) is 15.0 Å². The molecule has 0 radical (unpaired) electrons. The van der Waals surface area contributed by atoms with Gasteiger partial charge in [0.15, 0.2) is 0 Å². The highest BCUT2D eigenvalue weighted by Crippen LogP contribution is 2.25. The molecule has 1 aromatic heterocycles. The average molecular weight is 296 g/mol. The van der Waals surface area contributed by atoms with Crippen LogP contribution in [-0.4, -0.2) is 17.9 Å². The van der Waals surface area contributed by atoms with Gasteiger partial charge >= 0.3 is 6.36 Å². The summed E-state index contributed by atoms with van der Waals surface area (Å²) >= 11 is 0. The molecule has 0 saturated heterocycles. The summed E-state index contributed by atoms with van der Waals surface area (Å²) in [6.07, 6.45) is -0.471. The van der Waals surface area contributed by atoms with Gasteiger partial charge in [0.25, 0.3) is 0 Å². The third-order valence-corrected chi connectivity index (χ3v) is 2.85. The lowest BCUT2D eigenvalue weighted by Gasteiger charge is -2.13. The van der Waals surface area contributed by atoms with Crippen molar-refractivity contribution in [1.29, 1.82) is 0 Å². The van der Waals surface area contributed by atoms with Crippen LogP contribution in [0, 0.1) is 0 Å². The highest BCUT2D eigenvalue weighted by atomic mass is 19.4. The number of para-hydroxylation sites is 1. The molecule has 0 aliphatic rings. The number of hydrogen-bond donors (Lipinski definition) is 1. The van der Waals surface area contributed by atoms with Crippen LogP contribution in [0.3, 0.4) is 0 Å². The number of ether oxygens (including phenoxy) is 1. The SMILES string of the molecule is FC(F)(F)Oc1ccccc1CNCCc1ccncc1. The second-order valence-electron chi connectivity index (χ2n) is 4.44. The van der Waals surface area contributed by atoms with E-state index < -0.39 is 6.36 Å². The lowest BCUT2D eigenvalue weighted by Crippen LogP contribution is -2.21. The van der Waals surface area contributed by atoms with Gasteiger partial charge in [-0.05, 0) is 36.7 Å². The molecule has 0 unspecified atom stereocenters. The molecular formula is C15H15F3N2O. The highest BCUT2D eigenvalue weighted by Gasteiger charge is 2.31. The molecule has 0 amide bonds. The van der Waals surface area contributed by atoms with E-state index in [0.717, 1.165) is 12.0 Å². The Kier molecular flexibility index (Phi) is 5.16. The zero-order valence-electron chi connectivity index (χ0n) is 11.2. The molecule has 0 bridgehead atoms. The molecular weight excluding hydrogens is 281 g/mol. The van der Waals surface area contributed by atoms with Gasteiger partial charge in [-0.15, -0.1) is 13.2 Å². The van der Waals surface area contributed by atoms with Crippen LogP contribution < -0.4 is 10.1 Å². The highest BCUT2D eigenvalue weighted by molar-refractivity contribution is 5.33. The van der Waals surface area contributed by atoms with Crippen LogP contribution >= 0.6 is 0 Å². The lowest BCUT2D eigenvalue weighted by atomic mass is 10.2. The van der Waals surface area contributed by atoms with Crippen LogP contribution in [0.1, 0.15) is 11.1 Å². The Morgan fingerprint density at radius 2 is 1.76 bits per heavy atom. The standard InChI is InChI=1S/C15H15F3N2O/c16-15(17,18)21-14-4-2-1-3-13(14)11-20-10-7-12-5-8-19-9-6-12/h1-6,8-9,20H,7,10-11H2. The van der Waals surface area contributed by atoms with Gasteiger partial charge in [-0.1, -0.05) is 18.2 Å².